The van der Waals surface area contributed by atoms with Gasteiger partial charge in [0.2, 0.25) is 0 Å². The molecule has 0 bridgehead atoms. The molecule has 0 saturated carbocycles. The van der Waals surface area contributed by atoms with Crippen LogP contribution >= 0.6 is 0 Å². The third-order valence-electron chi connectivity index (χ3n) is 11.3. The molecule has 0 aromatic carbocycles. The van der Waals surface area contributed by atoms with E-state index in [1.54, 1.807) is 0 Å². The van der Waals surface area contributed by atoms with Crippen molar-refractivity contribution in [1.29, 1.82) is 0 Å². The molecule has 0 aromatic heterocycles. The first kappa shape index (κ1) is 54.4. The minimum absolute atomic E-state index is 0.0640. The van der Waals surface area contributed by atoms with Crippen LogP contribution in [0.15, 0.2) is 0 Å². The van der Waals surface area contributed by atoms with Gasteiger partial charge < -0.3 is 14.2 Å². The van der Waals surface area contributed by atoms with Crippen molar-refractivity contribution in [2.45, 2.75) is 284 Å². The Morgan fingerprint density at radius 3 is 0.875 bits per heavy atom. The molecule has 0 N–H and O–H groups in total. The fourth-order valence-corrected chi connectivity index (χ4v) is 7.51. The molecule has 0 unspecified atom stereocenters. The summed E-state index contributed by atoms with van der Waals surface area (Å²) >= 11 is 0. The van der Waals surface area contributed by atoms with Gasteiger partial charge >= 0.3 is 17.9 Å². The van der Waals surface area contributed by atoms with Crippen LogP contribution in [0.5, 0.6) is 0 Å². The van der Waals surface area contributed by atoms with E-state index in [2.05, 4.69) is 27.7 Å². The van der Waals surface area contributed by atoms with Gasteiger partial charge in [-0.1, -0.05) is 240 Å². The average molecular weight is 793 g/mol. The quantitative estimate of drug-likeness (QED) is 0.0347. The number of carbonyl (C=O) groups excluding carboxylic acids is 3. The van der Waals surface area contributed by atoms with E-state index in [9.17, 15) is 14.4 Å². The summed E-state index contributed by atoms with van der Waals surface area (Å²) in [7, 11) is 0. The van der Waals surface area contributed by atoms with Crippen LogP contribution in [0.25, 0.3) is 0 Å². The predicted molar refractivity (Wildman–Crippen MR) is 238 cm³/mol. The van der Waals surface area contributed by atoms with Gasteiger partial charge in [-0.05, 0) is 25.2 Å². The zero-order valence-corrected chi connectivity index (χ0v) is 38.1. The molecular formula is C50H96O6. The molecular weight excluding hydrogens is 697 g/mol. The molecule has 6 heteroatoms. The van der Waals surface area contributed by atoms with E-state index in [0.29, 0.717) is 19.3 Å². The lowest BCUT2D eigenvalue weighted by molar-refractivity contribution is -0.167. The van der Waals surface area contributed by atoms with Crippen LogP contribution in [0.2, 0.25) is 0 Å². The minimum atomic E-state index is -0.760. The van der Waals surface area contributed by atoms with Crippen molar-refractivity contribution >= 4 is 17.9 Å². The zero-order valence-electron chi connectivity index (χ0n) is 38.1. The van der Waals surface area contributed by atoms with Gasteiger partial charge in [0.25, 0.3) is 0 Å². The van der Waals surface area contributed by atoms with Crippen molar-refractivity contribution < 1.29 is 28.6 Å². The van der Waals surface area contributed by atoms with Crippen LogP contribution in [-0.2, 0) is 28.6 Å². The number of hydrogen-bond donors (Lipinski definition) is 0. The largest absolute Gasteiger partial charge is 0.462 e. The molecule has 56 heavy (non-hydrogen) atoms. The number of ether oxygens (including phenoxy) is 3. The molecule has 0 rings (SSSR count). The van der Waals surface area contributed by atoms with Gasteiger partial charge in [-0.25, -0.2) is 0 Å². The molecule has 1 atom stereocenters. The second-order valence-corrected chi connectivity index (χ2v) is 17.6. The van der Waals surface area contributed by atoms with Gasteiger partial charge in [0, 0.05) is 19.3 Å². The Balaban J connectivity index is 4.26. The Morgan fingerprint density at radius 1 is 0.339 bits per heavy atom. The van der Waals surface area contributed by atoms with E-state index in [4.69, 9.17) is 14.2 Å². The summed E-state index contributed by atoms with van der Waals surface area (Å²) in [6.45, 7) is 8.95. The molecule has 0 aliphatic rings. The highest BCUT2D eigenvalue weighted by molar-refractivity contribution is 5.71. The van der Waals surface area contributed by atoms with Gasteiger partial charge in [0.15, 0.2) is 6.10 Å². The molecule has 6 nitrogen and oxygen atoms in total. The van der Waals surface area contributed by atoms with Gasteiger partial charge in [0.05, 0.1) is 0 Å². The van der Waals surface area contributed by atoms with Gasteiger partial charge in [-0.15, -0.1) is 0 Å². The Morgan fingerprint density at radius 2 is 0.589 bits per heavy atom. The number of hydrogen-bond acceptors (Lipinski definition) is 6. The second kappa shape index (κ2) is 44.5. The van der Waals surface area contributed by atoms with Crippen LogP contribution < -0.4 is 0 Å². The summed E-state index contributed by atoms with van der Waals surface area (Å²) in [5, 5.41) is 0. The molecule has 0 aromatic rings. The number of rotatable bonds is 45. The molecule has 0 amide bonds. The summed E-state index contributed by atoms with van der Waals surface area (Å²) in [5.74, 6) is -0.0893. The van der Waals surface area contributed by atoms with Gasteiger partial charge in [-0.2, -0.15) is 0 Å². The van der Waals surface area contributed by atoms with E-state index in [0.717, 1.165) is 63.7 Å². The Kier molecular flexibility index (Phi) is 43.2. The maximum absolute atomic E-state index is 12.8. The molecule has 0 aliphatic carbocycles. The lowest BCUT2D eigenvalue weighted by Crippen LogP contribution is -2.30. The SMILES string of the molecule is CCCCCCCCCCCCCCCCCCCC(=O)O[C@@H](COC(=O)CCCCCCCCCCCCCC)COC(=O)CCCCCCCCC(C)C. The first-order valence-corrected chi connectivity index (χ1v) is 24.9. The first-order valence-electron chi connectivity index (χ1n) is 24.9. The molecule has 332 valence electrons. The van der Waals surface area contributed by atoms with Crippen molar-refractivity contribution in [2.24, 2.45) is 5.92 Å². The minimum Gasteiger partial charge on any atom is -0.462 e. The second-order valence-electron chi connectivity index (χ2n) is 17.6. The molecule has 0 saturated heterocycles. The van der Waals surface area contributed by atoms with Crippen LogP contribution in [0, 0.1) is 5.92 Å². The van der Waals surface area contributed by atoms with E-state index in [-0.39, 0.29) is 31.1 Å². The number of unbranched alkanes of at least 4 members (excludes halogenated alkanes) is 32. The maximum atomic E-state index is 12.8. The third kappa shape index (κ3) is 43.5. The van der Waals surface area contributed by atoms with E-state index < -0.39 is 6.10 Å². The third-order valence-corrected chi connectivity index (χ3v) is 11.3. The monoisotopic (exact) mass is 793 g/mol. The zero-order chi connectivity index (χ0) is 41.0. The topological polar surface area (TPSA) is 78.9 Å². The molecule has 0 heterocycles. The van der Waals surface area contributed by atoms with E-state index in [1.807, 2.05) is 0 Å². The van der Waals surface area contributed by atoms with Gasteiger partial charge in [-0.3, -0.25) is 14.4 Å². The first-order chi connectivity index (χ1) is 27.4. The Hall–Kier alpha value is -1.59. The van der Waals surface area contributed by atoms with E-state index >= 15 is 0 Å². The highest BCUT2D eigenvalue weighted by Crippen LogP contribution is 2.17. The smallest absolute Gasteiger partial charge is 0.306 e. The van der Waals surface area contributed by atoms with Crippen molar-refractivity contribution in [3.8, 4) is 0 Å². The molecule has 0 spiro atoms. The van der Waals surface area contributed by atoms with Crippen molar-refractivity contribution in [2.75, 3.05) is 13.2 Å². The normalized spacial score (nSPS) is 11.9. The number of carbonyl (C=O) groups is 3. The summed E-state index contributed by atoms with van der Waals surface area (Å²) in [4.78, 5) is 37.8. The molecule has 0 radical (unpaired) electrons. The summed E-state index contributed by atoms with van der Waals surface area (Å²) in [5.41, 5.74) is 0. The summed E-state index contributed by atoms with van der Waals surface area (Å²) < 4.78 is 16.7. The Bertz CT molecular complexity index is 841. The fraction of sp³-hybridized carbons (Fsp3) is 0.940. The standard InChI is InChI=1S/C50H96O6/c1-5-7-9-11-13-15-17-19-20-21-22-23-25-27-29-35-39-43-50(53)56-47(45-55-49(52)42-38-34-31-30-32-36-40-46(3)4)44-54-48(51)41-37-33-28-26-24-18-16-14-12-10-8-6-2/h46-47H,5-45H2,1-4H3/t47-/m0/s1. The van der Waals surface area contributed by atoms with Crippen molar-refractivity contribution in [3.63, 3.8) is 0 Å². The van der Waals surface area contributed by atoms with Crippen LogP contribution in [0.3, 0.4) is 0 Å². The summed E-state index contributed by atoms with van der Waals surface area (Å²) in [6, 6.07) is 0. The number of esters is 3. The lowest BCUT2D eigenvalue weighted by Gasteiger charge is -2.18. The predicted octanol–water partition coefficient (Wildman–Crippen LogP) is 15.9. The molecule has 0 aliphatic heterocycles. The highest BCUT2D eigenvalue weighted by Gasteiger charge is 2.19. The van der Waals surface area contributed by atoms with Gasteiger partial charge in [0.1, 0.15) is 13.2 Å². The highest BCUT2D eigenvalue weighted by atomic mass is 16.6. The Labute approximate surface area is 348 Å². The average Bonchev–Trinajstić information content (AvgIpc) is 3.18. The van der Waals surface area contributed by atoms with Crippen LogP contribution in [-0.4, -0.2) is 37.2 Å². The fourth-order valence-electron chi connectivity index (χ4n) is 7.51. The van der Waals surface area contributed by atoms with Crippen molar-refractivity contribution in [1.82, 2.24) is 0 Å². The van der Waals surface area contributed by atoms with Crippen LogP contribution in [0.1, 0.15) is 278 Å². The maximum Gasteiger partial charge on any atom is 0.306 e. The lowest BCUT2D eigenvalue weighted by atomic mass is 10.0. The van der Waals surface area contributed by atoms with Crippen molar-refractivity contribution in [3.05, 3.63) is 0 Å². The molecule has 0 fully saturated rings. The van der Waals surface area contributed by atoms with Crippen LogP contribution in [0.4, 0.5) is 0 Å². The summed E-state index contributed by atoms with van der Waals surface area (Å²) in [6.07, 6.45) is 45.3. The van der Waals surface area contributed by atoms with E-state index in [1.165, 1.54) is 173 Å².